The zero-order valence-electron chi connectivity index (χ0n) is 51.6. The lowest BCUT2D eigenvalue weighted by Crippen LogP contribution is -2.60. The number of nitrogens with one attached hydrogen (secondary N) is 1. The average molecular weight is 1120 g/mol. The smallest absolute Gasteiger partial charge is 0.305 e. The second-order valence-corrected chi connectivity index (χ2v) is 23.9. The lowest BCUT2D eigenvalue weighted by atomic mass is 9.99. The molecule has 0 aromatic rings. The second-order valence-electron chi connectivity index (χ2n) is 23.9. The van der Waals surface area contributed by atoms with Gasteiger partial charge in [0, 0.05) is 12.8 Å². The number of hydrogen-bond acceptors (Lipinski definition) is 10. The number of ether oxygens (including phenoxy) is 3. The lowest BCUT2D eigenvalue weighted by molar-refractivity contribution is -0.302. The van der Waals surface area contributed by atoms with Gasteiger partial charge in [0.05, 0.1) is 32.0 Å². The molecule has 466 valence electrons. The molecule has 1 rings (SSSR count). The number of amides is 1. The fraction of sp³-hybridized carbons (Fsp3) is 0.912. The number of unbranched alkanes of at least 4 members (excludes halogenated alkanes) is 44. The summed E-state index contributed by atoms with van der Waals surface area (Å²) in [6.07, 6.45) is 61.8. The molecule has 7 unspecified atom stereocenters. The van der Waals surface area contributed by atoms with E-state index in [1.165, 1.54) is 257 Å². The summed E-state index contributed by atoms with van der Waals surface area (Å²) in [6, 6.07) is -0.823. The molecule has 1 saturated heterocycles. The van der Waals surface area contributed by atoms with Crippen LogP contribution in [0.3, 0.4) is 0 Å². The zero-order valence-corrected chi connectivity index (χ0v) is 51.6. The van der Waals surface area contributed by atoms with Crippen LogP contribution in [0.1, 0.15) is 335 Å². The molecule has 0 aromatic carbocycles. The summed E-state index contributed by atoms with van der Waals surface area (Å²) in [5, 5.41) is 54.3. The highest BCUT2D eigenvalue weighted by Gasteiger charge is 2.44. The summed E-state index contributed by atoms with van der Waals surface area (Å²) in [6.45, 7) is 4.32. The van der Waals surface area contributed by atoms with E-state index in [4.69, 9.17) is 14.2 Å². The van der Waals surface area contributed by atoms with E-state index >= 15 is 0 Å². The standard InChI is InChI=1S/C68H129NO10/c1-3-5-7-9-11-13-35-40-44-48-52-56-64(73)77-57-53-49-45-41-37-34-32-30-28-26-24-22-20-18-16-15-17-19-21-23-25-27-29-31-33-36-39-43-47-51-55-63(72)69-60(59-78-68-67(76)66(75)65(74)62(58-70)79-68)61(71)54-50-46-42-38-14-12-10-8-6-4-2/h14,38,50,54,60-62,65-68,70-71,74-76H,3-13,15-37,39-49,51-53,55-59H2,1-2H3,(H,69,72)/b38-14+,54-50+. The lowest BCUT2D eigenvalue weighted by Gasteiger charge is -2.40. The van der Waals surface area contributed by atoms with Gasteiger partial charge < -0.3 is 45.1 Å². The van der Waals surface area contributed by atoms with Crippen LogP contribution in [0.5, 0.6) is 0 Å². The van der Waals surface area contributed by atoms with Crippen molar-refractivity contribution in [2.24, 2.45) is 0 Å². The van der Waals surface area contributed by atoms with E-state index in [1.54, 1.807) is 6.08 Å². The third-order valence-corrected chi connectivity index (χ3v) is 16.3. The van der Waals surface area contributed by atoms with Crippen molar-refractivity contribution >= 4 is 11.9 Å². The number of aliphatic hydroxyl groups excluding tert-OH is 5. The minimum atomic E-state index is -1.57. The van der Waals surface area contributed by atoms with Gasteiger partial charge >= 0.3 is 5.97 Å². The van der Waals surface area contributed by atoms with Crippen molar-refractivity contribution in [2.75, 3.05) is 19.8 Å². The molecule has 1 heterocycles. The SMILES string of the molecule is CCCCCC/C=C/CC/C=C/C(O)C(COC1OC(CO)C(O)C(O)C1O)NC(=O)CCCCCCCCCCCCCCCCCCCCCCCCCCCCCCCCOC(=O)CCCCCCCCCCCCC. The van der Waals surface area contributed by atoms with Crippen molar-refractivity contribution in [1.29, 1.82) is 0 Å². The van der Waals surface area contributed by atoms with Crippen LogP contribution in [0.15, 0.2) is 24.3 Å². The van der Waals surface area contributed by atoms with Gasteiger partial charge in [-0.1, -0.05) is 301 Å². The summed E-state index contributed by atoms with van der Waals surface area (Å²) in [5.41, 5.74) is 0. The summed E-state index contributed by atoms with van der Waals surface area (Å²) < 4.78 is 16.7. The van der Waals surface area contributed by atoms with Crippen LogP contribution in [0.25, 0.3) is 0 Å². The molecule has 0 saturated carbocycles. The van der Waals surface area contributed by atoms with E-state index in [0.29, 0.717) is 19.4 Å². The number of rotatable bonds is 60. The first-order valence-electron chi connectivity index (χ1n) is 34.1. The van der Waals surface area contributed by atoms with E-state index in [0.717, 1.165) is 51.4 Å². The van der Waals surface area contributed by atoms with Gasteiger partial charge in [-0.05, 0) is 44.9 Å². The number of esters is 1. The van der Waals surface area contributed by atoms with E-state index < -0.39 is 49.5 Å². The molecule has 11 nitrogen and oxygen atoms in total. The van der Waals surface area contributed by atoms with Crippen molar-refractivity contribution in [3.8, 4) is 0 Å². The van der Waals surface area contributed by atoms with Gasteiger partial charge in [-0.25, -0.2) is 0 Å². The van der Waals surface area contributed by atoms with Crippen molar-refractivity contribution in [3.05, 3.63) is 24.3 Å². The molecule has 0 spiro atoms. The first-order valence-corrected chi connectivity index (χ1v) is 34.1. The number of carbonyl (C=O) groups excluding carboxylic acids is 2. The fourth-order valence-electron chi connectivity index (χ4n) is 10.9. The first-order chi connectivity index (χ1) is 38.7. The van der Waals surface area contributed by atoms with E-state index in [2.05, 4.69) is 31.3 Å². The molecule has 0 bridgehead atoms. The van der Waals surface area contributed by atoms with Gasteiger partial charge in [-0.3, -0.25) is 9.59 Å². The molecule has 0 aromatic heterocycles. The topological polar surface area (TPSA) is 175 Å². The Morgan fingerprint density at radius 1 is 0.456 bits per heavy atom. The Morgan fingerprint density at radius 3 is 1.25 bits per heavy atom. The number of hydrogen-bond donors (Lipinski definition) is 6. The molecule has 1 aliphatic rings. The van der Waals surface area contributed by atoms with Gasteiger partial charge in [0.2, 0.25) is 5.91 Å². The van der Waals surface area contributed by atoms with Gasteiger partial charge in [-0.15, -0.1) is 0 Å². The average Bonchev–Trinajstić information content (AvgIpc) is 3.51. The predicted octanol–water partition coefficient (Wildman–Crippen LogP) is 16.8. The van der Waals surface area contributed by atoms with Crippen LogP contribution in [0, 0.1) is 0 Å². The van der Waals surface area contributed by atoms with Crippen molar-refractivity contribution in [1.82, 2.24) is 5.32 Å². The van der Waals surface area contributed by atoms with Crippen LogP contribution in [-0.2, 0) is 23.8 Å². The third kappa shape index (κ3) is 47.2. The molecule has 11 heteroatoms. The number of allylic oxidation sites excluding steroid dienone is 3. The third-order valence-electron chi connectivity index (χ3n) is 16.3. The Hall–Kier alpha value is -1.86. The maximum absolute atomic E-state index is 13.0. The summed E-state index contributed by atoms with van der Waals surface area (Å²) in [4.78, 5) is 25.0. The van der Waals surface area contributed by atoms with Gasteiger partial charge in [0.25, 0.3) is 0 Å². The Kier molecular flexibility index (Phi) is 55.1. The van der Waals surface area contributed by atoms with E-state index in [9.17, 15) is 35.1 Å². The molecule has 7 atom stereocenters. The molecule has 0 radical (unpaired) electrons. The highest BCUT2D eigenvalue weighted by Crippen LogP contribution is 2.23. The predicted molar refractivity (Wildman–Crippen MR) is 329 cm³/mol. The highest BCUT2D eigenvalue weighted by molar-refractivity contribution is 5.76. The molecule has 79 heavy (non-hydrogen) atoms. The minimum absolute atomic E-state index is 0.0116. The first kappa shape index (κ1) is 75.2. The monoisotopic (exact) mass is 1120 g/mol. The Labute approximate surface area is 486 Å². The van der Waals surface area contributed by atoms with E-state index in [-0.39, 0.29) is 18.5 Å². The maximum Gasteiger partial charge on any atom is 0.305 e. The number of carbonyl (C=O) groups is 2. The molecular formula is C68H129NO10. The van der Waals surface area contributed by atoms with Crippen molar-refractivity contribution < 1.29 is 49.3 Å². The van der Waals surface area contributed by atoms with Gasteiger partial charge in [0.15, 0.2) is 6.29 Å². The Bertz CT molecular complexity index is 1360. The van der Waals surface area contributed by atoms with Crippen LogP contribution < -0.4 is 5.32 Å². The Morgan fingerprint density at radius 2 is 0.823 bits per heavy atom. The van der Waals surface area contributed by atoms with E-state index in [1.807, 2.05) is 6.08 Å². The largest absolute Gasteiger partial charge is 0.466 e. The second kappa shape index (κ2) is 57.9. The molecule has 1 amide bonds. The van der Waals surface area contributed by atoms with Gasteiger partial charge in [0.1, 0.15) is 24.4 Å². The summed E-state index contributed by atoms with van der Waals surface area (Å²) in [5.74, 6) is -0.177. The maximum atomic E-state index is 13.0. The van der Waals surface area contributed by atoms with Crippen LogP contribution in [0.2, 0.25) is 0 Å². The highest BCUT2D eigenvalue weighted by atomic mass is 16.7. The van der Waals surface area contributed by atoms with Crippen molar-refractivity contribution in [3.63, 3.8) is 0 Å². The van der Waals surface area contributed by atoms with Crippen LogP contribution >= 0.6 is 0 Å². The summed E-state index contributed by atoms with van der Waals surface area (Å²) in [7, 11) is 0. The molecule has 1 fully saturated rings. The molecule has 1 aliphatic heterocycles. The summed E-state index contributed by atoms with van der Waals surface area (Å²) >= 11 is 0. The zero-order chi connectivity index (χ0) is 57.3. The quantitative estimate of drug-likeness (QED) is 0.0195. The van der Waals surface area contributed by atoms with Crippen LogP contribution in [0.4, 0.5) is 0 Å². The van der Waals surface area contributed by atoms with Crippen molar-refractivity contribution in [2.45, 2.75) is 378 Å². The normalized spacial score (nSPS) is 18.5. The fourth-order valence-corrected chi connectivity index (χ4v) is 10.9. The van der Waals surface area contributed by atoms with Gasteiger partial charge in [-0.2, -0.15) is 0 Å². The minimum Gasteiger partial charge on any atom is -0.466 e. The molecule has 6 N–H and O–H groups in total. The molecular weight excluding hydrogens is 991 g/mol. The Balaban J connectivity index is 1.93. The number of aliphatic hydroxyl groups is 5. The molecule has 0 aliphatic carbocycles. The van der Waals surface area contributed by atoms with Crippen LogP contribution in [-0.4, -0.2) is 100 Å².